The molecule has 0 amide bonds. The van der Waals surface area contributed by atoms with Gasteiger partial charge >= 0.3 is 5.97 Å². The number of carbonyl (C=O) groups excluding carboxylic acids is 1. The molecule has 1 N–H and O–H groups in total. The van der Waals surface area contributed by atoms with Crippen LogP contribution in [0.2, 0.25) is 0 Å². The van der Waals surface area contributed by atoms with Crippen LogP contribution in [-0.2, 0) is 16.1 Å². The Labute approximate surface area is 148 Å². The fraction of sp³-hybridized carbons (Fsp3) is 0.0556. The van der Waals surface area contributed by atoms with Gasteiger partial charge in [0.2, 0.25) is 0 Å². The molecule has 0 spiro atoms. The number of ether oxygens (including phenoxy) is 1. The van der Waals surface area contributed by atoms with Gasteiger partial charge in [0, 0.05) is 0 Å². The topological polar surface area (TPSA) is 74.5 Å². The zero-order valence-electron chi connectivity index (χ0n) is 12.8. The zero-order chi connectivity index (χ0) is 17.8. The van der Waals surface area contributed by atoms with Crippen molar-refractivity contribution in [1.82, 2.24) is 0 Å². The number of para-hydroxylation sites is 2. The molecule has 0 radical (unpaired) electrons. The average Bonchev–Trinajstić information content (AvgIpc) is 2.62. The summed E-state index contributed by atoms with van der Waals surface area (Å²) in [5.74, 6) is -1.23. The van der Waals surface area contributed by atoms with Crippen LogP contribution in [0.4, 0.5) is 15.8 Å². The van der Waals surface area contributed by atoms with Crippen LogP contribution in [0.15, 0.2) is 64.8 Å². The van der Waals surface area contributed by atoms with E-state index in [1.807, 2.05) is 0 Å². The summed E-state index contributed by atoms with van der Waals surface area (Å²) in [7, 11) is 0. The molecule has 124 valence electrons. The standard InChI is InChI=1S/C18H11ClFN3O2/c19-17-16(22-14-3-1-2-4-15(14)23-17)13(9-21)18(24)25-10-11-5-7-12(20)8-6-11/h1-8,22H,10H2. The Kier molecular flexibility index (Phi) is 4.78. The molecule has 25 heavy (non-hydrogen) atoms. The van der Waals surface area contributed by atoms with Crippen LogP contribution >= 0.6 is 11.6 Å². The van der Waals surface area contributed by atoms with Crippen molar-refractivity contribution in [2.24, 2.45) is 4.99 Å². The van der Waals surface area contributed by atoms with E-state index in [4.69, 9.17) is 16.3 Å². The Morgan fingerprint density at radius 1 is 1.24 bits per heavy atom. The van der Waals surface area contributed by atoms with Crippen LogP contribution in [-0.4, -0.2) is 11.1 Å². The third kappa shape index (κ3) is 3.67. The number of carbonyl (C=O) groups is 1. The highest BCUT2D eigenvalue weighted by molar-refractivity contribution is 6.70. The van der Waals surface area contributed by atoms with Crippen LogP contribution < -0.4 is 5.32 Å². The lowest BCUT2D eigenvalue weighted by molar-refractivity contribution is -0.139. The summed E-state index contributed by atoms with van der Waals surface area (Å²) in [6.45, 7) is -0.0943. The van der Waals surface area contributed by atoms with Gasteiger partial charge in [-0.1, -0.05) is 35.9 Å². The molecule has 2 aromatic rings. The Morgan fingerprint density at radius 3 is 2.68 bits per heavy atom. The number of nitriles is 1. The molecule has 2 aromatic carbocycles. The lowest BCUT2D eigenvalue weighted by Crippen LogP contribution is -2.18. The largest absolute Gasteiger partial charge is 0.457 e. The summed E-state index contributed by atoms with van der Waals surface area (Å²) in [6, 6.07) is 14.4. The SMILES string of the molecule is N#CC(C(=O)OCc1ccc(F)cc1)=C1Nc2ccccc2N=C1Cl. The lowest BCUT2D eigenvalue weighted by Gasteiger charge is -2.18. The number of halogens is 2. The molecule has 0 bridgehead atoms. The number of aliphatic imine (C=N–C) groups is 1. The van der Waals surface area contributed by atoms with E-state index < -0.39 is 5.97 Å². The first-order chi connectivity index (χ1) is 12.1. The van der Waals surface area contributed by atoms with Gasteiger partial charge < -0.3 is 10.1 Å². The minimum Gasteiger partial charge on any atom is -0.457 e. The van der Waals surface area contributed by atoms with E-state index in [1.165, 1.54) is 24.3 Å². The van der Waals surface area contributed by atoms with Gasteiger partial charge in [-0.3, -0.25) is 0 Å². The Balaban J connectivity index is 1.82. The number of fused-ring (bicyclic) bond motifs is 1. The number of nitrogens with zero attached hydrogens (tertiary/aromatic N) is 2. The van der Waals surface area contributed by atoms with E-state index in [-0.39, 0.29) is 28.9 Å². The highest BCUT2D eigenvalue weighted by Crippen LogP contribution is 2.32. The fourth-order valence-electron chi connectivity index (χ4n) is 2.20. The van der Waals surface area contributed by atoms with Crippen molar-refractivity contribution in [2.75, 3.05) is 5.32 Å². The molecule has 1 heterocycles. The second-order valence-corrected chi connectivity index (χ2v) is 5.47. The second-order valence-electron chi connectivity index (χ2n) is 5.11. The van der Waals surface area contributed by atoms with Crippen molar-refractivity contribution in [3.05, 3.63) is 71.2 Å². The fourth-order valence-corrected chi connectivity index (χ4v) is 2.43. The van der Waals surface area contributed by atoms with Gasteiger partial charge in [0.15, 0.2) is 10.7 Å². The smallest absolute Gasteiger partial charge is 0.351 e. The molecule has 0 aromatic heterocycles. The predicted molar refractivity (Wildman–Crippen MR) is 91.8 cm³/mol. The van der Waals surface area contributed by atoms with Crippen molar-refractivity contribution in [3.63, 3.8) is 0 Å². The normalized spacial score (nSPS) is 14.5. The molecule has 1 aliphatic rings. The third-order valence-electron chi connectivity index (χ3n) is 3.44. The number of rotatable bonds is 3. The first-order valence-electron chi connectivity index (χ1n) is 7.25. The van der Waals surface area contributed by atoms with Crippen molar-refractivity contribution in [3.8, 4) is 6.07 Å². The van der Waals surface area contributed by atoms with E-state index in [2.05, 4.69) is 10.3 Å². The summed E-state index contributed by atoms with van der Waals surface area (Å²) in [5.41, 5.74) is 1.63. The lowest BCUT2D eigenvalue weighted by atomic mass is 10.1. The van der Waals surface area contributed by atoms with E-state index in [0.717, 1.165) is 0 Å². The molecule has 1 aliphatic heterocycles. The van der Waals surface area contributed by atoms with Crippen LogP contribution in [0, 0.1) is 17.1 Å². The maximum atomic E-state index is 12.9. The summed E-state index contributed by atoms with van der Waals surface area (Å²) in [6.07, 6.45) is 0. The first kappa shape index (κ1) is 16.7. The summed E-state index contributed by atoms with van der Waals surface area (Å²) < 4.78 is 18.0. The van der Waals surface area contributed by atoms with Crippen LogP contribution in [0.25, 0.3) is 0 Å². The average molecular weight is 356 g/mol. The van der Waals surface area contributed by atoms with Gasteiger partial charge in [0.1, 0.15) is 24.2 Å². The van der Waals surface area contributed by atoms with E-state index in [9.17, 15) is 14.4 Å². The Hall–Kier alpha value is -3.17. The van der Waals surface area contributed by atoms with Gasteiger partial charge in [-0.05, 0) is 29.8 Å². The number of nitrogens with one attached hydrogen (secondary N) is 1. The van der Waals surface area contributed by atoms with E-state index in [1.54, 1.807) is 30.3 Å². The molecule has 3 rings (SSSR count). The van der Waals surface area contributed by atoms with Crippen molar-refractivity contribution in [1.29, 1.82) is 5.26 Å². The van der Waals surface area contributed by atoms with E-state index in [0.29, 0.717) is 16.9 Å². The molecular weight excluding hydrogens is 345 g/mol. The number of esters is 1. The predicted octanol–water partition coefficient (Wildman–Crippen LogP) is 4.04. The zero-order valence-corrected chi connectivity index (χ0v) is 13.5. The molecule has 0 saturated heterocycles. The van der Waals surface area contributed by atoms with Crippen LogP contribution in [0.5, 0.6) is 0 Å². The Bertz CT molecular complexity index is 930. The third-order valence-corrected chi connectivity index (χ3v) is 3.71. The van der Waals surface area contributed by atoms with Gasteiger partial charge in [0.25, 0.3) is 0 Å². The summed E-state index contributed by atoms with van der Waals surface area (Å²) >= 11 is 6.09. The molecule has 0 saturated carbocycles. The van der Waals surface area contributed by atoms with Gasteiger partial charge in [-0.2, -0.15) is 5.26 Å². The molecule has 0 fully saturated rings. The maximum absolute atomic E-state index is 12.9. The molecule has 0 aliphatic carbocycles. The number of anilines is 1. The van der Waals surface area contributed by atoms with Gasteiger partial charge in [0.05, 0.1) is 11.4 Å². The molecule has 7 heteroatoms. The minimum absolute atomic E-state index is 0.00557. The Morgan fingerprint density at radius 2 is 1.96 bits per heavy atom. The number of allylic oxidation sites excluding steroid dienone is 1. The first-order valence-corrected chi connectivity index (χ1v) is 7.63. The summed E-state index contributed by atoms with van der Waals surface area (Å²) in [4.78, 5) is 16.4. The van der Waals surface area contributed by atoms with Crippen LogP contribution in [0.3, 0.4) is 0 Å². The van der Waals surface area contributed by atoms with Crippen LogP contribution in [0.1, 0.15) is 5.56 Å². The molecule has 0 unspecified atom stereocenters. The number of hydrogen-bond acceptors (Lipinski definition) is 5. The quantitative estimate of drug-likeness (QED) is 0.512. The molecular formula is C18H11ClFN3O2. The van der Waals surface area contributed by atoms with Gasteiger partial charge in [-0.15, -0.1) is 0 Å². The number of benzene rings is 2. The highest BCUT2D eigenvalue weighted by Gasteiger charge is 2.24. The maximum Gasteiger partial charge on any atom is 0.351 e. The molecule has 0 atom stereocenters. The molecule has 5 nitrogen and oxygen atoms in total. The number of hydrogen-bond donors (Lipinski definition) is 1. The van der Waals surface area contributed by atoms with Crippen molar-refractivity contribution >= 4 is 34.1 Å². The summed E-state index contributed by atoms with van der Waals surface area (Å²) in [5, 5.41) is 12.3. The second kappa shape index (κ2) is 7.16. The van der Waals surface area contributed by atoms with Gasteiger partial charge in [-0.25, -0.2) is 14.2 Å². The highest BCUT2D eigenvalue weighted by atomic mass is 35.5. The van der Waals surface area contributed by atoms with Crippen molar-refractivity contribution in [2.45, 2.75) is 6.61 Å². The monoisotopic (exact) mass is 355 g/mol. The van der Waals surface area contributed by atoms with Crippen molar-refractivity contribution < 1.29 is 13.9 Å². The minimum atomic E-state index is -0.845. The van der Waals surface area contributed by atoms with E-state index >= 15 is 0 Å².